The van der Waals surface area contributed by atoms with Crippen molar-refractivity contribution in [2.24, 2.45) is 0 Å². The number of anilines is 1. The number of nitrogens with one attached hydrogen (secondary N) is 1. The Hall–Kier alpha value is -1.54. The molecule has 0 radical (unpaired) electrons. The molecule has 0 aromatic heterocycles. The third-order valence-electron chi connectivity index (χ3n) is 2.62. The van der Waals surface area contributed by atoms with E-state index < -0.39 is 5.97 Å². The maximum Gasteiger partial charge on any atom is 0.336 e. The fourth-order valence-electron chi connectivity index (χ4n) is 1.66. The molecule has 4 nitrogen and oxygen atoms in total. The number of carbonyl (C=O) groups is 2. The van der Waals surface area contributed by atoms with Crippen molar-refractivity contribution < 1.29 is 14.7 Å². The Kier molecular flexibility index (Phi) is 5.63. The van der Waals surface area contributed by atoms with Crippen LogP contribution in [0.15, 0.2) is 53.4 Å². The summed E-state index contributed by atoms with van der Waals surface area (Å²) in [6.45, 7) is 0. The molecule has 0 aliphatic carbocycles. The van der Waals surface area contributed by atoms with Crippen LogP contribution in [0.2, 0.25) is 0 Å². The Morgan fingerprint density at radius 2 is 1.76 bits per heavy atom. The average Bonchev–Trinajstić information content (AvgIpc) is 2.48. The van der Waals surface area contributed by atoms with Crippen molar-refractivity contribution in [3.63, 3.8) is 0 Å². The summed E-state index contributed by atoms with van der Waals surface area (Å²) >= 11 is 3.36. The number of para-hydroxylation sites is 1. The van der Waals surface area contributed by atoms with Crippen LogP contribution in [0.1, 0.15) is 10.4 Å². The van der Waals surface area contributed by atoms with E-state index in [2.05, 4.69) is 27.9 Å². The normalized spacial score (nSPS) is 10.1. The van der Waals surface area contributed by atoms with Gasteiger partial charge in [0.05, 0.1) is 17.0 Å². The molecular formula is C15H12INO3S. The van der Waals surface area contributed by atoms with E-state index in [-0.39, 0.29) is 17.2 Å². The van der Waals surface area contributed by atoms with Crippen LogP contribution in [-0.4, -0.2) is 22.7 Å². The Labute approximate surface area is 140 Å². The lowest BCUT2D eigenvalue weighted by molar-refractivity contribution is -0.113. The molecule has 0 atom stereocenters. The smallest absolute Gasteiger partial charge is 0.336 e. The van der Waals surface area contributed by atoms with E-state index in [1.54, 1.807) is 18.2 Å². The number of carboxylic acids is 1. The van der Waals surface area contributed by atoms with E-state index in [9.17, 15) is 9.59 Å². The van der Waals surface area contributed by atoms with Crippen LogP contribution in [-0.2, 0) is 4.79 Å². The molecule has 0 saturated heterocycles. The third kappa shape index (κ3) is 4.47. The summed E-state index contributed by atoms with van der Waals surface area (Å²) in [6, 6.07) is 14.1. The van der Waals surface area contributed by atoms with Crippen LogP contribution in [0, 0.1) is 3.57 Å². The number of aromatic carboxylic acids is 1. The molecule has 21 heavy (non-hydrogen) atoms. The van der Waals surface area contributed by atoms with E-state index in [4.69, 9.17) is 5.11 Å². The number of hydrogen-bond donors (Lipinski definition) is 2. The average molecular weight is 413 g/mol. The van der Waals surface area contributed by atoms with E-state index in [1.807, 2.05) is 24.3 Å². The van der Waals surface area contributed by atoms with Crippen LogP contribution >= 0.6 is 34.4 Å². The molecular weight excluding hydrogens is 401 g/mol. The number of benzene rings is 2. The fourth-order valence-corrected chi connectivity index (χ4v) is 3.03. The maximum atomic E-state index is 11.9. The van der Waals surface area contributed by atoms with Crippen molar-refractivity contribution in [1.29, 1.82) is 0 Å². The lowest BCUT2D eigenvalue weighted by Crippen LogP contribution is -2.15. The summed E-state index contributed by atoms with van der Waals surface area (Å²) in [5, 5.41) is 11.9. The van der Waals surface area contributed by atoms with Gasteiger partial charge in [0.2, 0.25) is 5.91 Å². The van der Waals surface area contributed by atoms with Gasteiger partial charge in [-0.05, 0) is 46.9 Å². The molecule has 0 unspecified atom stereocenters. The highest BCUT2D eigenvalue weighted by molar-refractivity contribution is 14.1. The SMILES string of the molecule is O=C(CSc1ccccc1C(=O)O)Nc1ccccc1I. The van der Waals surface area contributed by atoms with Gasteiger partial charge in [-0.3, -0.25) is 4.79 Å². The number of carboxylic acid groups (broad SMARTS) is 1. The third-order valence-corrected chi connectivity index (χ3v) is 4.64. The number of amides is 1. The molecule has 2 N–H and O–H groups in total. The first-order chi connectivity index (χ1) is 10.1. The zero-order valence-corrected chi connectivity index (χ0v) is 13.8. The lowest BCUT2D eigenvalue weighted by atomic mass is 10.2. The van der Waals surface area contributed by atoms with E-state index in [0.717, 1.165) is 9.26 Å². The van der Waals surface area contributed by atoms with Crippen molar-refractivity contribution >= 4 is 51.9 Å². The van der Waals surface area contributed by atoms with Crippen LogP contribution in [0.5, 0.6) is 0 Å². The molecule has 108 valence electrons. The molecule has 2 rings (SSSR count). The Balaban J connectivity index is 1.99. The minimum atomic E-state index is -0.990. The van der Waals surface area contributed by atoms with Gasteiger partial charge in [-0.1, -0.05) is 24.3 Å². The van der Waals surface area contributed by atoms with Gasteiger partial charge in [0, 0.05) is 8.47 Å². The molecule has 0 aliphatic rings. The van der Waals surface area contributed by atoms with Crippen molar-refractivity contribution in [2.75, 3.05) is 11.1 Å². The zero-order valence-electron chi connectivity index (χ0n) is 10.9. The van der Waals surface area contributed by atoms with Gasteiger partial charge in [0.15, 0.2) is 0 Å². The van der Waals surface area contributed by atoms with Gasteiger partial charge in [-0.25, -0.2) is 4.79 Å². The first kappa shape index (κ1) is 15.8. The standard InChI is InChI=1S/C15H12INO3S/c16-11-6-2-3-7-12(11)17-14(18)9-21-13-8-4-1-5-10(13)15(19)20/h1-8H,9H2,(H,17,18)(H,19,20). The molecule has 1 amide bonds. The number of thioether (sulfide) groups is 1. The summed E-state index contributed by atoms with van der Waals surface area (Å²) in [5.41, 5.74) is 0.972. The highest BCUT2D eigenvalue weighted by atomic mass is 127. The molecule has 0 aliphatic heterocycles. The minimum absolute atomic E-state index is 0.162. The second kappa shape index (κ2) is 7.46. The second-order valence-corrected chi connectivity index (χ2v) is 6.30. The van der Waals surface area contributed by atoms with Gasteiger partial charge in [-0.15, -0.1) is 11.8 Å². The van der Waals surface area contributed by atoms with Crippen molar-refractivity contribution in [3.05, 3.63) is 57.7 Å². The number of hydrogen-bond acceptors (Lipinski definition) is 3. The monoisotopic (exact) mass is 413 g/mol. The minimum Gasteiger partial charge on any atom is -0.478 e. The molecule has 0 saturated carbocycles. The van der Waals surface area contributed by atoms with Gasteiger partial charge < -0.3 is 10.4 Å². The van der Waals surface area contributed by atoms with Gasteiger partial charge in [0.25, 0.3) is 0 Å². The summed E-state index contributed by atoms with van der Waals surface area (Å²) in [5.74, 6) is -0.990. The number of halogens is 1. The first-order valence-corrected chi connectivity index (χ1v) is 8.14. The van der Waals surface area contributed by atoms with E-state index in [1.165, 1.54) is 17.8 Å². The van der Waals surface area contributed by atoms with Gasteiger partial charge in [-0.2, -0.15) is 0 Å². The molecule has 6 heteroatoms. The highest BCUT2D eigenvalue weighted by Crippen LogP contribution is 2.23. The predicted molar refractivity (Wildman–Crippen MR) is 91.9 cm³/mol. The molecule has 0 spiro atoms. The summed E-state index contributed by atoms with van der Waals surface area (Å²) in [6.07, 6.45) is 0. The first-order valence-electron chi connectivity index (χ1n) is 6.07. The number of carbonyl (C=O) groups excluding carboxylic acids is 1. The van der Waals surface area contributed by atoms with Crippen molar-refractivity contribution in [2.45, 2.75) is 4.90 Å². The Bertz CT molecular complexity index is 675. The molecule has 2 aromatic rings. The van der Waals surface area contributed by atoms with Gasteiger partial charge in [0.1, 0.15) is 0 Å². The molecule has 0 heterocycles. The number of rotatable bonds is 5. The second-order valence-electron chi connectivity index (χ2n) is 4.12. The maximum absolute atomic E-state index is 11.9. The van der Waals surface area contributed by atoms with Crippen LogP contribution in [0.25, 0.3) is 0 Å². The van der Waals surface area contributed by atoms with Crippen LogP contribution in [0.4, 0.5) is 5.69 Å². The van der Waals surface area contributed by atoms with Crippen LogP contribution < -0.4 is 5.32 Å². The van der Waals surface area contributed by atoms with Gasteiger partial charge >= 0.3 is 5.97 Å². The lowest BCUT2D eigenvalue weighted by Gasteiger charge is -2.08. The summed E-state index contributed by atoms with van der Waals surface area (Å²) in [4.78, 5) is 23.6. The Morgan fingerprint density at radius 3 is 2.48 bits per heavy atom. The van der Waals surface area contributed by atoms with Crippen molar-refractivity contribution in [1.82, 2.24) is 0 Å². The fraction of sp³-hybridized carbons (Fsp3) is 0.0667. The summed E-state index contributed by atoms with van der Waals surface area (Å²) < 4.78 is 0.958. The highest BCUT2D eigenvalue weighted by Gasteiger charge is 2.11. The largest absolute Gasteiger partial charge is 0.478 e. The predicted octanol–water partition coefficient (Wildman–Crippen LogP) is 3.72. The summed E-state index contributed by atoms with van der Waals surface area (Å²) in [7, 11) is 0. The van der Waals surface area contributed by atoms with E-state index in [0.29, 0.717) is 4.90 Å². The molecule has 0 bridgehead atoms. The van der Waals surface area contributed by atoms with Crippen molar-refractivity contribution in [3.8, 4) is 0 Å². The molecule has 2 aromatic carbocycles. The topological polar surface area (TPSA) is 66.4 Å². The van der Waals surface area contributed by atoms with E-state index >= 15 is 0 Å². The molecule has 0 fully saturated rings. The Morgan fingerprint density at radius 1 is 1.10 bits per heavy atom. The zero-order chi connectivity index (χ0) is 15.2. The van der Waals surface area contributed by atoms with Crippen LogP contribution in [0.3, 0.4) is 0 Å². The quantitative estimate of drug-likeness (QED) is 0.580.